The number of methoxy groups -OCH3 is 1. The normalized spacial score (nSPS) is 10.7. The molecule has 0 aromatic heterocycles. The van der Waals surface area contributed by atoms with Gasteiger partial charge >= 0.3 is 0 Å². The van der Waals surface area contributed by atoms with Crippen LogP contribution in [-0.4, -0.2) is 12.9 Å². The SMILES string of the molecule is COc1cc(/C=C/C(=O)c2ccccc2)ccc1OCc1ccc(Br)cc1. The van der Waals surface area contributed by atoms with Crippen molar-refractivity contribution in [3.8, 4) is 11.5 Å². The number of allylic oxidation sites excluding steroid dienone is 1. The molecule has 27 heavy (non-hydrogen) atoms. The number of ketones is 1. The highest BCUT2D eigenvalue weighted by Gasteiger charge is 2.06. The molecule has 0 heterocycles. The van der Waals surface area contributed by atoms with Crippen LogP contribution in [0.3, 0.4) is 0 Å². The van der Waals surface area contributed by atoms with E-state index in [0.717, 1.165) is 15.6 Å². The second kappa shape index (κ2) is 9.19. The predicted molar refractivity (Wildman–Crippen MR) is 111 cm³/mol. The lowest BCUT2D eigenvalue weighted by Gasteiger charge is -2.11. The molecule has 0 aliphatic heterocycles. The average molecular weight is 423 g/mol. The van der Waals surface area contributed by atoms with Crippen LogP contribution in [-0.2, 0) is 6.61 Å². The summed E-state index contributed by atoms with van der Waals surface area (Å²) in [4.78, 5) is 12.2. The van der Waals surface area contributed by atoms with Gasteiger partial charge in [-0.25, -0.2) is 0 Å². The van der Waals surface area contributed by atoms with Crippen LogP contribution >= 0.6 is 15.9 Å². The summed E-state index contributed by atoms with van der Waals surface area (Å²) in [5.74, 6) is 1.25. The van der Waals surface area contributed by atoms with Crippen molar-refractivity contribution in [1.29, 1.82) is 0 Å². The minimum Gasteiger partial charge on any atom is -0.493 e. The molecule has 0 aliphatic carbocycles. The molecule has 0 fully saturated rings. The highest BCUT2D eigenvalue weighted by Crippen LogP contribution is 2.29. The number of hydrogen-bond donors (Lipinski definition) is 0. The van der Waals surface area contributed by atoms with Crippen molar-refractivity contribution >= 4 is 27.8 Å². The first-order valence-electron chi connectivity index (χ1n) is 8.48. The van der Waals surface area contributed by atoms with E-state index in [2.05, 4.69) is 15.9 Å². The van der Waals surface area contributed by atoms with E-state index in [9.17, 15) is 4.79 Å². The zero-order valence-corrected chi connectivity index (χ0v) is 16.5. The molecule has 4 heteroatoms. The summed E-state index contributed by atoms with van der Waals surface area (Å²) >= 11 is 3.42. The lowest BCUT2D eigenvalue weighted by atomic mass is 10.1. The first kappa shape index (κ1) is 18.9. The maximum atomic E-state index is 12.2. The van der Waals surface area contributed by atoms with Crippen molar-refractivity contribution in [2.75, 3.05) is 7.11 Å². The fraction of sp³-hybridized carbons (Fsp3) is 0.0870. The third-order valence-electron chi connectivity index (χ3n) is 3.98. The minimum absolute atomic E-state index is 0.0369. The van der Waals surface area contributed by atoms with E-state index < -0.39 is 0 Å². The Kier molecular flexibility index (Phi) is 6.44. The average Bonchev–Trinajstić information content (AvgIpc) is 2.72. The van der Waals surface area contributed by atoms with E-state index in [4.69, 9.17) is 9.47 Å². The molecule has 136 valence electrons. The maximum absolute atomic E-state index is 12.2. The molecule has 3 rings (SSSR count). The van der Waals surface area contributed by atoms with Gasteiger partial charge < -0.3 is 9.47 Å². The fourth-order valence-electron chi connectivity index (χ4n) is 2.52. The van der Waals surface area contributed by atoms with Crippen LogP contribution in [0.4, 0.5) is 0 Å². The van der Waals surface area contributed by atoms with Crippen LogP contribution in [0.1, 0.15) is 21.5 Å². The highest BCUT2D eigenvalue weighted by molar-refractivity contribution is 9.10. The molecule has 0 N–H and O–H groups in total. The number of rotatable bonds is 7. The summed E-state index contributed by atoms with van der Waals surface area (Å²) in [6, 6.07) is 22.7. The molecule has 0 amide bonds. The van der Waals surface area contributed by atoms with E-state index in [1.165, 1.54) is 0 Å². The summed E-state index contributed by atoms with van der Waals surface area (Å²) < 4.78 is 12.3. The van der Waals surface area contributed by atoms with Gasteiger partial charge in [0, 0.05) is 10.0 Å². The summed E-state index contributed by atoms with van der Waals surface area (Å²) in [6.07, 6.45) is 3.34. The number of ether oxygens (including phenoxy) is 2. The van der Waals surface area contributed by atoms with Gasteiger partial charge in [-0.2, -0.15) is 0 Å². The topological polar surface area (TPSA) is 35.5 Å². The van der Waals surface area contributed by atoms with Crippen molar-refractivity contribution in [1.82, 2.24) is 0 Å². The van der Waals surface area contributed by atoms with Crippen molar-refractivity contribution in [2.45, 2.75) is 6.61 Å². The van der Waals surface area contributed by atoms with Crippen LogP contribution < -0.4 is 9.47 Å². The van der Waals surface area contributed by atoms with Gasteiger partial charge in [-0.3, -0.25) is 4.79 Å². The van der Waals surface area contributed by atoms with Crippen LogP contribution in [0, 0.1) is 0 Å². The molecular weight excluding hydrogens is 404 g/mol. The van der Waals surface area contributed by atoms with Gasteiger partial charge in [0.1, 0.15) is 6.61 Å². The third-order valence-corrected chi connectivity index (χ3v) is 4.51. The Hall–Kier alpha value is -2.85. The minimum atomic E-state index is -0.0369. The molecule has 0 aliphatic rings. The zero-order chi connectivity index (χ0) is 19.1. The molecule has 0 radical (unpaired) electrons. The molecule has 0 atom stereocenters. The first-order chi connectivity index (χ1) is 13.2. The number of carbonyl (C=O) groups excluding carboxylic acids is 1. The molecule has 0 saturated heterocycles. The van der Waals surface area contributed by atoms with E-state index >= 15 is 0 Å². The molecule has 0 unspecified atom stereocenters. The highest BCUT2D eigenvalue weighted by atomic mass is 79.9. The standard InChI is InChI=1S/C23H19BrO3/c1-26-23-15-17(9-13-21(25)19-5-3-2-4-6-19)10-14-22(23)27-16-18-7-11-20(24)12-8-18/h2-15H,16H2,1H3/b13-9+. The Morgan fingerprint density at radius 1 is 0.963 bits per heavy atom. The van der Waals surface area contributed by atoms with Gasteiger partial charge in [0.15, 0.2) is 17.3 Å². The lowest BCUT2D eigenvalue weighted by molar-refractivity contribution is 0.104. The number of hydrogen-bond acceptors (Lipinski definition) is 3. The summed E-state index contributed by atoms with van der Waals surface area (Å²) in [7, 11) is 1.60. The predicted octanol–water partition coefficient (Wildman–Crippen LogP) is 5.93. The number of benzene rings is 3. The smallest absolute Gasteiger partial charge is 0.185 e. The monoisotopic (exact) mass is 422 g/mol. The van der Waals surface area contributed by atoms with Crippen molar-refractivity contribution in [3.63, 3.8) is 0 Å². The largest absolute Gasteiger partial charge is 0.493 e. The quantitative estimate of drug-likeness (QED) is 0.349. The molecule has 0 saturated carbocycles. The van der Waals surface area contributed by atoms with Crippen molar-refractivity contribution in [3.05, 3.63) is 100 Å². The molecule has 3 aromatic rings. The van der Waals surface area contributed by atoms with Crippen LogP contribution in [0.25, 0.3) is 6.08 Å². The van der Waals surface area contributed by atoms with Gasteiger partial charge in [-0.1, -0.05) is 70.5 Å². The van der Waals surface area contributed by atoms with Crippen molar-refractivity contribution < 1.29 is 14.3 Å². The van der Waals surface area contributed by atoms with Crippen LogP contribution in [0.15, 0.2) is 83.3 Å². The van der Waals surface area contributed by atoms with Gasteiger partial charge in [0.2, 0.25) is 0 Å². The second-order valence-corrected chi connectivity index (χ2v) is 6.80. The van der Waals surface area contributed by atoms with E-state index in [1.807, 2.05) is 60.7 Å². The second-order valence-electron chi connectivity index (χ2n) is 5.89. The van der Waals surface area contributed by atoms with Gasteiger partial charge in [0.05, 0.1) is 7.11 Å². The van der Waals surface area contributed by atoms with Gasteiger partial charge in [0.25, 0.3) is 0 Å². The van der Waals surface area contributed by atoms with E-state index in [-0.39, 0.29) is 5.78 Å². The van der Waals surface area contributed by atoms with Gasteiger partial charge in [-0.05, 0) is 41.5 Å². The van der Waals surface area contributed by atoms with Crippen molar-refractivity contribution in [2.24, 2.45) is 0 Å². The van der Waals surface area contributed by atoms with E-state index in [1.54, 1.807) is 31.4 Å². The Bertz CT molecular complexity index is 932. The fourth-order valence-corrected chi connectivity index (χ4v) is 2.78. The van der Waals surface area contributed by atoms with Gasteiger partial charge in [-0.15, -0.1) is 0 Å². The molecule has 3 aromatic carbocycles. The first-order valence-corrected chi connectivity index (χ1v) is 9.28. The Morgan fingerprint density at radius 3 is 2.41 bits per heavy atom. The molecule has 0 bridgehead atoms. The number of halogens is 1. The van der Waals surface area contributed by atoms with Crippen LogP contribution in [0.2, 0.25) is 0 Å². The molecule has 3 nitrogen and oxygen atoms in total. The summed E-state index contributed by atoms with van der Waals surface area (Å²) in [6.45, 7) is 0.450. The Labute approximate surface area is 167 Å². The van der Waals surface area contributed by atoms with E-state index in [0.29, 0.717) is 23.7 Å². The maximum Gasteiger partial charge on any atom is 0.185 e. The summed E-state index contributed by atoms with van der Waals surface area (Å²) in [5.41, 5.74) is 2.60. The van der Waals surface area contributed by atoms with Crippen LogP contribution in [0.5, 0.6) is 11.5 Å². The third kappa shape index (κ3) is 5.31. The zero-order valence-electron chi connectivity index (χ0n) is 14.9. The lowest BCUT2D eigenvalue weighted by Crippen LogP contribution is -1.98. The molecule has 0 spiro atoms. The molecular formula is C23H19BrO3. The summed E-state index contributed by atoms with van der Waals surface area (Å²) in [5, 5.41) is 0. The Morgan fingerprint density at radius 2 is 1.70 bits per heavy atom. The number of carbonyl (C=O) groups is 1. The Balaban J connectivity index is 1.69.